The maximum Gasteiger partial charge on any atom is 0.384 e. The molecule has 0 unspecified atom stereocenters. The van der Waals surface area contributed by atoms with Crippen LogP contribution in [0.5, 0.6) is 5.75 Å². The summed E-state index contributed by atoms with van der Waals surface area (Å²) in [5.74, 6) is 0.611. The molecule has 90 valence electrons. The van der Waals surface area contributed by atoms with Gasteiger partial charge in [-0.3, -0.25) is 0 Å². The van der Waals surface area contributed by atoms with E-state index >= 15 is 0 Å². The van der Waals surface area contributed by atoms with Crippen LogP contribution >= 0.6 is 0 Å². The van der Waals surface area contributed by atoms with Crippen LogP contribution in [-0.4, -0.2) is 26.8 Å². The fourth-order valence-corrected chi connectivity index (χ4v) is 1.75. The third-order valence-electron chi connectivity index (χ3n) is 2.18. The monoisotopic (exact) mass is 243 g/mol. The van der Waals surface area contributed by atoms with Crippen LogP contribution in [0.25, 0.3) is 0 Å². The molecule has 0 aliphatic carbocycles. The molecule has 16 heavy (non-hydrogen) atoms. The lowest BCUT2D eigenvalue weighted by Gasteiger charge is -2.16. The standard InChI is InChI=1S/C11H17NO3S/c1-9(2)10-7-5-6-8-11(10)15-16(13,14)12(3)4/h5-9H,1-4H3. The minimum atomic E-state index is -3.67. The van der Waals surface area contributed by atoms with Gasteiger partial charge in [0.2, 0.25) is 0 Å². The minimum Gasteiger partial charge on any atom is -0.370 e. The number of hydrogen-bond donors (Lipinski definition) is 0. The molecule has 0 aliphatic rings. The van der Waals surface area contributed by atoms with Crippen molar-refractivity contribution in [3.05, 3.63) is 29.8 Å². The first-order chi connectivity index (χ1) is 7.34. The summed E-state index contributed by atoms with van der Waals surface area (Å²) in [6.07, 6.45) is 0. The van der Waals surface area contributed by atoms with E-state index in [1.54, 1.807) is 12.1 Å². The van der Waals surface area contributed by atoms with Gasteiger partial charge in [0.1, 0.15) is 5.75 Å². The van der Waals surface area contributed by atoms with Crippen LogP contribution < -0.4 is 4.18 Å². The molecule has 0 spiro atoms. The third kappa shape index (κ3) is 2.96. The number of benzene rings is 1. The predicted octanol–water partition coefficient (Wildman–Crippen LogP) is 2.00. The SMILES string of the molecule is CC(C)c1ccccc1OS(=O)(=O)N(C)C. The first-order valence-electron chi connectivity index (χ1n) is 5.05. The first-order valence-corrected chi connectivity index (χ1v) is 6.42. The van der Waals surface area contributed by atoms with E-state index < -0.39 is 10.3 Å². The Balaban J connectivity index is 3.07. The van der Waals surface area contributed by atoms with Gasteiger partial charge >= 0.3 is 10.3 Å². The Morgan fingerprint density at radius 3 is 2.25 bits per heavy atom. The van der Waals surface area contributed by atoms with Crippen molar-refractivity contribution in [1.29, 1.82) is 0 Å². The van der Waals surface area contributed by atoms with Crippen LogP contribution in [0.2, 0.25) is 0 Å². The fourth-order valence-electron chi connectivity index (χ4n) is 1.22. The van der Waals surface area contributed by atoms with Gasteiger partial charge in [0.05, 0.1) is 0 Å². The van der Waals surface area contributed by atoms with Crippen molar-refractivity contribution in [3.8, 4) is 5.75 Å². The van der Waals surface area contributed by atoms with Crippen LogP contribution in [-0.2, 0) is 10.3 Å². The lowest BCUT2D eigenvalue weighted by atomic mass is 10.0. The molecule has 0 fully saturated rings. The Morgan fingerprint density at radius 1 is 1.19 bits per heavy atom. The molecule has 1 aromatic carbocycles. The van der Waals surface area contributed by atoms with Crippen molar-refractivity contribution in [2.45, 2.75) is 19.8 Å². The van der Waals surface area contributed by atoms with Gasteiger partial charge in [0.15, 0.2) is 0 Å². The second kappa shape index (κ2) is 4.84. The van der Waals surface area contributed by atoms with E-state index in [9.17, 15) is 8.42 Å². The van der Waals surface area contributed by atoms with Crippen molar-refractivity contribution in [2.24, 2.45) is 0 Å². The molecule has 0 aromatic heterocycles. The molecular weight excluding hydrogens is 226 g/mol. The van der Waals surface area contributed by atoms with E-state index in [2.05, 4.69) is 0 Å². The van der Waals surface area contributed by atoms with Gasteiger partial charge in [-0.1, -0.05) is 32.0 Å². The Labute approximate surface area is 97.1 Å². The minimum absolute atomic E-state index is 0.216. The van der Waals surface area contributed by atoms with E-state index in [-0.39, 0.29) is 5.92 Å². The van der Waals surface area contributed by atoms with E-state index in [0.717, 1.165) is 9.87 Å². The molecule has 0 aliphatic heterocycles. The molecule has 5 heteroatoms. The average Bonchev–Trinajstić information content (AvgIpc) is 2.17. The first kappa shape index (κ1) is 13.0. The van der Waals surface area contributed by atoms with Gasteiger partial charge in [-0.25, -0.2) is 0 Å². The third-order valence-corrected chi connectivity index (χ3v) is 3.47. The summed E-state index contributed by atoms with van der Waals surface area (Å²) < 4.78 is 29.3. The van der Waals surface area contributed by atoms with E-state index in [1.165, 1.54) is 14.1 Å². The molecule has 0 saturated heterocycles. The second-order valence-corrected chi connectivity index (χ2v) is 5.77. The van der Waals surface area contributed by atoms with Crippen molar-refractivity contribution >= 4 is 10.3 Å². The smallest absolute Gasteiger partial charge is 0.370 e. The van der Waals surface area contributed by atoms with Crippen molar-refractivity contribution in [2.75, 3.05) is 14.1 Å². The molecule has 0 bridgehead atoms. The van der Waals surface area contributed by atoms with Crippen LogP contribution in [0.15, 0.2) is 24.3 Å². The van der Waals surface area contributed by atoms with Gasteiger partial charge in [0.25, 0.3) is 0 Å². The Morgan fingerprint density at radius 2 is 1.75 bits per heavy atom. The molecule has 1 aromatic rings. The maximum atomic E-state index is 11.6. The summed E-state index contributed by atoms with van der Waals surface area (Å²) in [7, 11) is -0.798. The molecule has 0 heterocycles. The van der Waals surface area contributed by atoms with Gasteiger partial charge in [0, 0.05) is 14.1 Å². The van der Waals surface area contributed by atoms with Crippen molar-refractivity contribution in [1.82, 2.24) is 4.31 Å². The van der Waals surface area contributed by atoms with Gasteiger partial charge in [-0.15, -0.1) is 0 Å². The van der Waals surface area contributed by atoms with Crippen LogP contribution in [0.3, 0.4) is 0 Å². The molecule has 0 atom stereocenters. The highest BCUT2D eigenvalue weighted by atomic mass is 32.2. The largest absolute Gasteiger partial charge is 0.384 e. The maximum absolute atomic E-state index is 11.6. The number of para-hydroxylation sites is 1. The molecule has 0 radical (unpaired) electrons. The van der Waals surface area contributed by atoms with Crippen molar-refractivity contribution in [3.63, 3.8) is 0 Å². The molecule has 0 N–H and O–H groups in total. The molecule has 0 amide bonds. The second-order valence-electron chi connectivity index (χ2n) is 4.02. The Kier molecular flexibility index (Phi) is 3.93. The van der Waals surface area contributed by atoms with E-state index in [0.29, 0.717) is 5.75 Å². The Hall–Kier alpha value is -1.07. The number of hydrogen-bond acceptors (Lipinski definition) is 3. The zero-order chi connectivity index (χ0) is 12.3. The fraction of sp³-hybridized carbons (Fsp3) is 0.455. The highest BCUT2D eigenvalue weighted by Crippen LogP contribution is 2.27. The lowest BCUT2D eigenvalue weighted by molar-refractivity contribution is 0.418. The summed E-state index contributed by atoms with van der Waals surface area (Å²) in [6.45, 7) is 3.98. The molecule has 0 saturated carbocycles. The van der Waals surface area contributed by atoms with E-state index in [4.69, 9.17) is 4.18 Å². The highest BCUT2D eigenvalue weighted by Gasteiger charge is 2.18. The normalized spacial score (nSPS) is 12.1. The summed E-state index contributed by atoms with van der Waals surface area (Å²) in [5.41, 5.74) is 0.882. The number of nitrogens with zero attached hydrogens (tertiary/aromatic N) is 1. The quantitative estimate of drug-likeness (QED) is 0.812. The van der Waals surface area contributed by atoms with Crippen LogP contribution in [0, 0.1) is 0 Å². The summed E-state index contributed by atoms with van der Waals surface area (Å²) >= 11 is 0. The van der Waals surface area contributed by atoms with E-state index in [1.807, 2.05) is 26.0 Å². The van der Waals surface area contributed by atoms with Crippen LogP contribution in [0.4, 0.5) is 0 Å². The summed E-state index contributed by atoms with van der Waals surface area (Å²) in [6, 6.07) is 7.15. The van der Waals surface area contributed by atoms with Crippen LogP contribution in [0.1, 0.15) is 25.3 Å². The molecular formula is C11H17NO3S. The zero-order valence-electron chi connectivity index (χ0n) is 9.97. The summed E-state index contributed by atoms with van der Waals surface area (Å²) in [4.78, 5) is 0. The average molecular weight is 243 g/mol. The number of rotatable bonds is 4. The van der Waals surface area contributed by atoms with Gasteiger partial charge in [-0.2, -0.15) is 12.7 Å². The Bertz CT molecular complexity index is 452. The molecule has 4 nitrogen and oxygen atoms in total. The highest BCUT2D eigenvalue weighted by molar-refractivity contribution is 7.84. The lowest BCUT2D eigenvalue weighted by Crippen LogP contribution is -2.27. The summed E-state index contributed by atoms with van der Waals surface area (Å²) in [5, 5.41) is 0. The zero-order valence-corrected chi connectivity index (χ0v) is 10.8. The topological polar surface area (TPSA) is 46.6 Å². The van der Waals surface area contributed by atoms with Gasteiger partial charge in [-0.05, 0) is 17.5 Å². The predicted molar refractivity (Wildman–Crippen MR) is 63.8 cm³/mol. The van der Waals surface area contributed by atoms with Crippen molar-refractivity contribution < 1.29 is 12.6 Å². The van der Waals surface area contributed by atoms with Gasteiger partial charge < -0.3 is 4.18 Å². The molecule has 1 rings (SSSR count).